The number of carbonyl (C=O) groups excluding carboxylic acids is 1. The van der Waals surface area contributed by atoms with Crippen molar-refractivity contribution in [2.45, 2.75) is 38.6 Å². The Morgan fingerprint density at radius 1 is 1.60 bits per heavy atom. The average molecular weight is 208 g/mol. The minimum atomic E-state index is 0.179. The zero-order valence-corrected chi connectivity index (χ0v) is 9.41. The minimum absolute atomic E-state index is 0.179. The molecule has 1 rings (SSSR count). The summed E-state index contributed by atoms with van der Waals surface area (Å²) in [5, 5.41) is 0. The fourth-order valence-corrected chi connectivity index (χ4v) is 2.04. The van der Waals surface area contributed by atoms with Crippen LogP contribution in [0.15, 0.2) is 0 Å². The summed E-state index contributed by atoms with van der Waals surface area (Å²) in [6, 6.07) is 0.345. The lowest BCUT2D eigenvalue weighted by atomic mass is 9.93. The summed E-state index contributed by atoms with van der Waals surface area (Å²) < 4.78 is 0. The van der Waals surface area contributed by atoms with Crippen molar-refractivity contribution >= 4 is 5.91 Å². The molecule has 1 aliphatic heterocycles. The Balaban J connectivity index is 2.50. The molecule has 15 heavy (non-hydrogen) atoms. The van der Waals surface area contributed by atoms with Crippen molar-refractivity contribution in [2.24, 2.45) is 11.7 Å². The van der Waals surface area contributed by atoms with Crippen LogP contribution in [0.4, 0.5) is 0 Å². The summed E-state index contributed by atoms with van der Waals surface area (Å²) in [6.45, 7) is 3.58. The van der Waals surface area contributed by atoms with Crippen LogP contribution < -0.4 is 5.73 Å². The second kappa shape index (κ2) is 5.77. The summed E-state index contributed by atoms with van der Waals surface area (Å²) in [5.41, 5.74) is 5.64. The lowest BCUT2D eigenvalue weighted by molar-refractivity contribution is -0.135. The third-order valence-corrected chi connectivity index (χ3v) is 3.12. The maximum absolute atomic E-state index is 11.8. The van der Waals surface area contributed by atoms with E-state index in [1.54, 1.807) is 0 Å². The first-order valence-corrected chi connectivity index (χ1v) is 5.62. The molecule has 84 valence electrons. The van der Waals surface area contributed by atoms with E-state index in [4.69, 9.17) is 12.2 Å². The molecule has 3 heteroatoms. The molecule has 2 atom stereocenters. The van der Waals surface area contributed by atoms with Gasteiger partial charge < -0.3 is 10.6 Å². The SMILES string of the molecule is C#CCCC(=O)N1CC(CN)CCC1C. The van der Waals surface area contributed by atoms with Gasteiger partial charge in [-0.1, -0.05) is 0 Å². The third-order valence-electron chi connectivity index (χ3n) is 3.12. The Kier molecular flexibility index (Phi) is 4.64. The average Bonchev–Trinajstić information content (AvgIpc) is 2.26. The Morgan fingerprint density at radius 3 is 2.93 bits per heavy atom. The Labute approximate surface area is 92.0 Å². The van der Waals surface area contributed by atoms with Gasteiger partial charge in [0.05, 0.1) is 0 Å². The van der Waals surface area contributed by atoms with E-state index in [0.717, 1.165) is 19.4 Å². The van der Waals surface area contributed by atoms with Gasteiger partial charge in [-0.05, 0) is 32.2 Å². The van der Waals surface area contributed by atoms with Crippen LogP contribution in [0.3, 0.4) is 0 Å². The molecule has 0 saturated carbocycles. The van der Waals surface area contributed by atoms with Crippen LogP contribution in [-0.2, 0) is 4.79 Å². The van der Waals surface area contributed by atoms with Crippen molar-refractivity contribution < 1.29 is 4.79 Å². The van der Waals surface area contributed by atoms with E-state index in [1.165, 1.54) is 0 Å². The first-order valence-electron chi connectivity index (χ1n) is 5.62. The van der Waals surface area contributed by atoms with Crippen molar-refractivity contribution in [3.63, 3.8) is 0 Å². The molecular formula is C12H20N2O. The standard InChI is InChI=1S/C12H20N2O/c1-3-4-5-12(15)14-9-11(8-13)7-6-10(14)2/h1,10-11H,4-9,13H2,2H3. The predicted molar refractivity (Wildman–Crippen MR) is 61.0 cm³/mol. The number of amides is 1. The summed E-state index contributed by atoms with van der Waals surface area (Å²) in [4.78, 5) is 13.8. The van der Waals surface area contributed by atoms with E-state index in [1.807, 2.05) is 4.90 Å². The summed E-state index contributed by atoms with van der Waals surface area (Å²) in [7, 11) is 0. The largest absolute Gasteiger partial charge is 0.340 e. The molecule has 3 nitrogen and oxygen atoms in total. The Hall–Kier alpha value is -1.01. The van der Waals surface area contributed by atoms with Gasteiger partial charge in [-0.2, -0.15) is 0 Å². The second-order valence-electron chi connectivity index (χ2n) is 4.28. The monoisotopic (exact) mass is 208 g/mol. The lowest BCUT2D eigenvalue weighted by Gasteiger charge is -2.37. The number of nitrogens with zero attached hydrogens (tertiary/aromatic N) is 1. The molecule has 1 aliphatic rings. The summed E-state index contributed by atoms with van der Waals surface area (Å²) in [5.74, 6) is 3.15. The van der Waals surface area contributed by atoms with Gasteiger partial charge in [0.15, 0.2) is 0 Å². The molecule has 0 spiro atoms. The fourth-order valence-electron chi connectivity index (χ4n) is 2.04. The quantitative estimate of drug-likeness (QED) is 0.703. The first kappa shape index (κ1) is 12.1. The van der Waals surface area contributed by atoms with Crippen LogP contribution in [0.1, 0.15) is 32.6 Å². The van der Waals surface area contributed by atoms with Gasteiger partial charge in [-0.15, -0.1) is 12.3 Å². The van der Waals surface area contributed by atoms with Crippen LogP contribution in [0.2, 0.25) is 0 Å². The zero-order chi connectivity index (χ0) is 11.3. The van der Waals surface area contributed by atoms with Crippen molar-refractivity contribution in [2.75, 3.05) is 13.1 Å². The molecule has 0 radical (unpaired) electrons. The molecule has 0 aliphatic carbocycles. The van der Waals surface area contributed by atoms with Crippen LogP contribution in [0, 0.1) is 18.3 Å². The van der Waals surface area contributed by atoms with Crippen LogP contribution >= 0.6 is 0 Å². The van der Waals surface area contributed by atoms with E-state index < -0.39 is 0 Å². The molecule has 2 unspecified atom stereocenters. The van der Waals surface area contributed by atoms with Gasteiger partial charge in [0, 0.05) is 25.4 Å². The normalized spacial score (nSPS) is 26.1. The van der Waals surface area contributed by atoms with Crippen molar-refractivity contribution in [3.05, 3.63) is 0 Å². The Bertz CT molecular complexity index is 257. The highest BCUT2D eigenvalue weighted by atomic mass is 16.2. The highest BCUT2D eigenvalue weighted by molar-refractivity contribution is 5.76. The molecule has 1 fully saturated rings. The van der Waals surface area contributed by atoms with E-state index in [0.29, 0.717) is 31.3 Å². The molecule has 0 bridgehead atoms. The fraction of sp³-hybridized carbons (Fsp3) is 0.750. The van der Waals surface area contributed by atoms with Crippen molar-refractivity contribution in [1.29, 1.82) is 0 Å². The molecule has 0 aromatic heterocycles. The van der Waals surface area contributed by atoms with E-state index >= 15 is 0 Å². The summed E-state index contributed by atoms with van der Waals surface area (Å²) >= 11 is 0. The van der Waals surface area contributed by atoms with Gasteiger partial charge in [0.2, 0.25) is 5.91 Å². The van der Waals surface area contributed by atoms with Crippen molar-refractivity contribution in [1.82, 2.24) is 4.90 Å². The zero-order valence-electron chi connectivity index (χ0n) is 9.41. The predicted octanol–water partition coefficient (Wildman–Crippen LogP) is 0.986. The molecule has 0 aromatic carbocycles. The molecule has 1 saturated heterocycles. The van der Waals surface area contributed by atoms with Crippen LogP contribution in [-0.4, -0.2) is 29.9 Å². The van der Waals surface area contributed by atoms with E-state index in [-0.39, 0.29) is 5.91 Å². The maximum Gasteiger partial charge on any atom is 0.223 e. The summed E-state index contributed by atoms with van der Waals surface area (Å²) in [6.07, 6.45) is 8.36. The van der Waals surface area contributed by atoms with E-state index in [9.17, 15) is 4.79 Å². The second-order valence-corrected chi connectivity index (χ2v) is 4.28. The highest BCUT2D eigenvalue weighted by Crippen LogP contribution is 2.21. The number of hydrogen-bond donors (Lipinski definition) is 1. The number of piperidine rings is 1. The molecule has 1 amide bonds. The van der Waals surface area contributed by atoms with E-state index in [2.05, 4.69) is 12.8 Å². The van der Waals surface area contributed by atoms with Gasteiger partial charge >= 0.3 is 0 Å². The van der Waals surface area contributed by atoms with Crippen LogP contribution in [0.25, 0.3) is 0 Å². The number of rotatable bonds is 3. The smallest absolute Gasteiger partial charge is 0.223 e. The molecule has 2 N–H and O–H groups in total. The van der Waals surface area contributed by atoms with Gasteiger partial charge in [-0.25, -0.2) is 0 Å². The number of likely N-dealkylation sites (tertiary alicyclic amines) is 1. The molecular weight excluding hydrogens is 188 g/mol. The van der Waals surface area contributed by atoms with Gasteiger partial charge in [0.1, 0.15) is 0 Å². The Morgan fingerprint density at radius 2 is 2.33 bits per heavy atom. The lowest BCUT2D eigenvalue weighted by Crippen LogP contribution is -2.47. The number of hydrogen-bond acceptors (Lipinski definition) is 2. The molecule has 1 heterocycles. The van der Waals surface area contributed by atoms with Crippen LogP contribution in [0.5, 0.6) is 0 Å². The number of nitrogens with two attached hydrogens (primary N) is 1. The number of carbonyl (C=O) groups is 1. The van der Waals surface area contributed by atoms with Gasteiger partial charge in [-0.3, -0.25) is 4.79 Å². The number of terminal acetylenes is 1. The van der Waals surface area contributed by atoms with Gasteiger partial charge in [0.25, 0.3) is 0 Å². The first-order chi connectivity index (χ1) is 7.19. The minimum Gasteiger partial charge on any atom is -0.340 e. The van der Waals surface area contributed by atoms with Crippen molar-refractivity contribution in [3.8, 4) is 12.3 Å². The highest BCUT2D eigenvalue weighted by Gasteiger charge is 2.27. The molecule has 0 aromatic rings. The maximum atomic E-state index is 11.8. The topological polar surface area (TPSA) is 46.3 Å². The third kappa shape index (κ3) is 3.24.